The smallest absolute Gasteiger partial charge is 0.222 e. The van der Waals surface area contributed by atoms with Gasteiger partial charge < -0.3 is 10.2 Å². The highest BCUT2D eigenvalue weighted by Crippen LogP contribution is 2.39. The summed E-state index contributed by atoms with van der Waals surface area (Å²) in [5.74, 6) is 2.12. The van der Waals surface area contributed by atoms with E-state index in [1.165, 1.54) is 12.8 Å². The van der Waals surface area contributed by atoms with Crippen molar-refractivity contribution in [1.82, 2.24) is 14.9 Å². The molecule has 3 aliphatic rings. The molecule has 7 heteroatoms. The highest BCUT2D eigenvalue weighted by molar-refractivity contribution is 7.91. The number of aromatic nitrogens is 2. The first kappa shape index (κ1) is 17.2. The molecule has 2 aliphatic heterocycles. The molecule has 0 unspecified atom stereocenters. The quantitative estimate of drug-likeness (QED) is 0.833. The fraction of sp³-hybridized carbons (Fsp3) is 0.778. The Hall–Kier alpha value is -1.21. The molecule has 6 nitrogen and oxygen atoms in total. The maximum Gasteiger partial charge on any atom is 0.222 e. The fourth-order valence-corrected chi connectivity index (χ4v) is 5.94. The molecule has 0 spiro atoms. The molecule has 1 aromatic heterocycles. The van der Waals surface area contributed by atoms with E-state index >= 15 is 0 Å². The molecule has 138 valence electrons. The van der Waals surface area contributed by atoms with Gasteiger partial charge in [-0.15, -0.1) is 0 Å². The van der Waals surface area contributed by atoms with Crippen molar-refractivity contribution in [2.24, 2.45) is 11.8 Å². The SMILES string of the molecule is CC(C)CCN1C[C@@H]2c3nc(NCC4CC4)ncc3CS(=O)(=O)[C@@H]2C1. The molecule has 25 heavy (non-hydrogen) atoms. The van der Waals surface area contributed by atoms with Gasteiger partial charge in [0.2, 0.25) is 5.95 Å². The largest absolute Gasteiger partial charge is 0.354 e. The summed E-state index contributed by atoms with van der Waals surface area (Å²) in [6, 6.07) is 0. The molecule has 2 atom stereocenters. The predicted molar refractivity (Wildman–Crippen MR) is 98.3 cm³/mol. The van der Waals surface area contributed by atoms with Gasteiger partial charge in [0.1, 0.15) is 0 Å². The molecule has 2 fully saturated rings. The monoisotopic (exact) mass is 364 g/mol. The first-order valence-electron chi connectivity index (χ1n) is 9.46. The van der Waals surface area contributed by atoms with E-state index in [1.807, 2.05) is 0 Å². The van der Waals surface area contributed by atoms with Gasteiger partial charge in [-0.25, -0.2) is 18.4 Å². The maximum absolute atomic E-state index is 12.7. The number of anilines is 1. The van der Waals surface area contributed by atoms with Crippen LogP contribution in [0.3, 0.4) is 0 Å². The second-order valence-corrected chi connectivity index (χ2v) is 10.5. The summed E-state index contributed by atoms with van der Waals surface area (Å²) in [6.07, 6.45) is 5.39. The number of hydrogen-bond donors (Lipinski definition) is 1. The minimum atomic E-state index is -3.12. The maximum atomic E-state index is 12.7. The zero-order valence-electron chi connectivity index (χ0n) is 15.1. The zero-order valence-corrected chi connectivity index (χ0v) is 15.9. The number of hydrogen-bond acceptors (Lipinski definition) is 6. The van der Waals surface area contributed by atoms with E-state index < -0.39 is 9.84 Å². The summed E-state index contributed by atoms with van der Waals surface area (Å²) in [5, 5.41) is 3.02. The molecule has 1 N–H and O–H groups in total. The van der Waals surface area contributed by atoms with Crippen LogP contribution in [0.25, 0.3) is 0 Å². The summed E-state index contributed by atoms with van der Waals surface area (Å²) >= 11 is 0. The molecule has 0 amide bonds. The van der Waals surface area contributed by atoms with Crippen LogP contribution in [-0.4, -0.2) is 54.7 Å². The number of nitrogens with zero attached hydrogens (tertiary/aromatic N) is 3. The van der Waals surface area contributed by atoms with Crippen LogP contribution >= 0.6 is 0 Å². The summed E-state index contributed by atoms with van der Waals surface area (Å²) < 4.78 is 25.4. The molecular weight excluding hydrogens is 336 g/mol. The number of likely N-dealkylation sites (tertiary alicyclic amines) is 1. The lowest BCUT2D eigenvalue weighted by Crippen LogP contribution is -2.35. The lowest BCUT2D eigenvalue weighted by molar-refractivity contribution is 0.310. The minimum absolute atomic E-state index is 0.00890. The van der Waals surface area contributed by atoms with Gasteiger partial charge in [-0.3, -0.25) is 0 Å². The van der Waals surface area contributed by atoms with Crippen LogP contribution in [0.2, 0.25) is 0 Å². The van der Waals surface area contributed by atoms with Crippen LogP contribution < -0.4 is 5.32 Å². The van der Waals surface area contributed by atoms with Crippen LogP contribution in [0, 0.1) is 11.8 Å². The highest BCUT2D eigenvalue weighted by atomic mass is 32.2. The Kier molecular flexibility index (Phi) is 4.48. The summed E-state index contributed by atoms with van der Waals surface area (Å²) in [5.41, 5.74) is 1.75. The first-order valence-corrected chi connectivity index (χ1v) is 11.2. The molecule has 0 aromatic carbocycles. The van der Waals surface area contributed by atoms with Gasteiger partial charge in [-0.1, -0.05) is 13.8 Å². The van der Waals surface area contributed by atoms with Crippen LogP contribution in [-0.2, 0) is 15.6 Å². The van der Waals surface area contributed by atoms with E-state index in [-0.39, 0.29) is 16.9 Å². The molecule has 1 saturated carbocycles. The Morgan fingerprint density at radius 3 is 2.84 bits per heavy atom. The summed E-state index contributed by atoms with van der Waals surface area (Å²) in [6.45, 7) is 7.75. The van der Waals surface area contributed by atoms with E-state index in [0.717, 1.165) is 43.2 Å². The highest BCUT2D eigenvalue weighted by Gasteiger charge is 2.47. The normalized spacial score (nSPS) is 28.0. The third-order valence-electron chi connectivity index (χ3n) is 5.68. The summed E-state index contributed by atoms with van der Waals surface area (Å²) in [4.78, 5) is 11.4. The lowest BCUT2D eigenvalue weighted by atomic mass is 10.00. The van der Waals surface area contributed by atoms with E-state index in [9.17, 15) is 8.42 Å². The van der Waals surface area contributed by atoms with E-state index in [0.29, 0.717) is 18.4 Å². The predicted octanol–water partition coefficient (Wildman–Crippen LogP) is 2.04. The van der Waals surface area contributed by atoms with Crippen molar-refractivity contribution in [3.05, 3.63) is 17.5 Å². The molecule has 1 aromatic rings. The van der Waals surface area contributed by atoms with Crippen molar-refractivity contribution in [2.45, 2.75) is 50.0 Å². The summed E-state index contributed by atoms with van der Waals surface area (Å²) in [7, 11) is -3.12. The zero-order chi connectivity index (χ0) is 17.6. The Morgan fingerprint density at radius 2 is 2.12 bits per heavy atom. The van der Waals surface area contributed by atoms with Crippen molar-refractivity contribution in [3.63, 3.8) is 0 Å². The second-order valence-electron chi connectivity index (χ2n) is 8.32. The minimum Gasteiger partial charge on any atom is -0.354 e. The molecule has 0 radical (unpaired) electrons. The Balaban J connectivity index is 1.56. The van der Waals surface area contributed by atoms with Gasteiger partial charge in [0.25, 0.3) is 0 Å². The molecule has 0 bridgehead atoms. The van der Waals surface area contributed by atoms with Crippen molar-refractivity contribution in [1.29, 1.82) is 0 Å². The van der Waals surface area contributed by atoms with Gasteiger partial charge in [0, 0.05) is 37.3 Å². The molecule has 3 heterocycles. The van der Waals surface area contributed by atoms with Crippen molar-refractivity contribution >= 4 is 15.8 Å². The van der Waals surface area contributed by atoms with Gasteiger partial charge >= 0.3 is 0 Å². The Morgan fingerprint density at radius 1 is 1.32 bits per heavy atom. The van der Waals surface area contributed by atoms with E-state index in [2.05, 4.69) is 29.0 Å². The number of nitrogens with one attached hydrogen (secondary N) is 1. The van der Waals surface area contributed by atoms with Gasteiger partial charge in [0.05, 0.1) is 16.7 Å². The number of rotatable bonds is 6. The standard InChI is InChI=1S/C18H28N4O2S/c1-12(2)5-6-22-9-15-16(10-22)25(23,24)11-14-8-20-18(21-17(14)15)19-7-13-3-4-13/h8,12-13,15-16H,3-7,9-11H2,1-2H3,(H,19,20,21)/t15-,16+/m0/s1. The van der Waals surface area contributed by atoms with Crippen molar-refractivity contribution < 1.29 is 8.42 Å². The van der Waals surface area contributed by atoms with Crippen molar-refractivity contribution in [2.75, 3.05) is 31.5 Å². The van der Waals surface area contributed by atoms with Crippen LogP contribution in [0.4, 0.5) is 5.95 Å². The molecule has 1 aliphatic carbocycles. The number of sulfone groups is 1. The second kappa shape index (κ2) is 6.50. The Labute approximate surface area is 150 Å². The molecule has 1 saturated heterocycles. The van der Waals surface area contributed by atoms with E-state index in [1.54, 1.807) is 6.20 Å². The average molecular weight is 365 g/mol. The van der Waals surface area contributed by atoms with Gasteiger partial charge in [-0.2, -0.15) is 0 Å². The van der Waals surface area contributed by atoms with Gasteiger partial charge in [-0.05, 0) is 37.6 Å². The Bertz CT molecular complexity index is 745. The van der Waals surface area contributed by atoms with Crippen LogP contribution in [0.5, 0.6) is 0 Å². The topological polar surface area (TPSA) is 75.2 Å². The van der Waals surface area contributed by atoms with Crippen molar-refractivity contribution in [3.8, 4) is 0 Å². The first-order chi connectivity index (χ1) is 11.9. The molecule has 4 rings (SSSR count). The fourth-order valence-electron chi connectivity index (χ4n) is 3.92. The number of fused-ring (bicyclic) bond motifs is 3. The van der Waals surface area contributed by atoms with Crippen LogP contribution in [0.1, 0.15) is 50.3 Å². The third kappa shape index (κ3) is 3.67. The lowest BCUT2D eigenvalue weighted by Gasteiger charge is -2.26. The molecular formula is C18H28N4O2S. The third-order valence-corrected chi connectivity index (χ3v) is 7.79. The van der Waals surface area contributed by atoms with Crippen LogP contribution in [0.15, 0.2) is 6.20 Å². The van der Waals surface area contributed by atoms with E-state index in [4.69, 9.17) is 4.98 Å². The average Bonchev–Trinajstić information content (AvgIpc) is 3.27. The van der Waals surface area contributed by atoms with Gasteiger partial charge in [0.15, 0.2) is 9.84 Å².